The van der Waals surface area contributed by atoms with Gasteiger partial charge in [-0.3, -0.25) is 14.3 Å². The van der Waals surface area contributed by atoms with E-state index >= 15 is 0 Å². The zero-order valence-electron chi connectivity index (χ0n) is 21.7. The smallest absolute Gasteiger partial charge is 0.271 e. The van der Waals surface area contributed by atoms with Crippen molar-refractivity contribution in [3.63, 3.8) is 0 Å². The molecule has 2 heterocycles. The molecule has 37 heavy (non-hydrogen) atoms. The SMILES string of the molecule is Cc1cccc(N2CCN(CC(O)CNC(=O)c3nc(C)n(-c4ccccc4F)c3C)CC2)c1C.Cl.Cl. The number of carbonyl (C=O) groups is 1. The van der Waals surface area contributed by atoms with Crippen LogP contribution in [0.2, 0.25) is 0 Å². The molecular weight excluding hydrogens is 516 g/mol. The molecule has 1 amide bonds. The lowest BCUT2D eigenvalue weighted by molar-refractivity contribution is 0.0847. The molecule has 1 aliphatic rings. The minimum absolute atomic E-state index is 0. The molecule has 4 rings (SSSR count). The number of anilines is 1. The molecule has 1 fully saturated rings. The second-order valence-corrected chi connectivity index (χ2v) is 9.25. The van der Waals surface area contributed by atoms with Gasteiger partial charge in [-0.1, -0.05) is 24.3 Å². The van der Waals surface area contributed by atoms with E-state index in [0.29, 0.717) is 23.8 Å². The summed E-state index contributed by atoms with van der Waals surface area (Å²) in [4.78, 5) is 21.8. The third-order valence-electron chi connectivity index (χ3n) is 6.84. The van der Waals surface area contributed by atoms with Crippen LogP contribution in [0.1, 0.15) is 33.1 Å². The Morgan fingerprint density at radius 1 is 1.00 bits per heavy atom. The number of nitrogens with zero attached hydrogens (tertiary/aromatic N) is 4. The monoisotopic (exact) mass is 551 g/mol. The molecule has 10 heteroatoms. The summed E-state index contributed by atoms with van der Waals surface area (Å²) in [7, 11) is 0. The number of hydrogen-bond donors (Lipinski definition) is 2. The van der Waals surface area contributed by atoms with Gasteiger partial charge in [-0.2, -0.15) is 0 Å². The lowest BCUT2D eigenvalue weighted by Crippen LogP contribution is -2.50. The van der Waals surface area contributed by atoms with Crippen LogP contribution in [0.15, 0.2) is 42.5 Å². The fraction of sp³-hybridized carbons (Fsp3) is 0.407. The van der Waals surface area contributed by atoms with Crippen molar-refractivity contribution in [3.05, 3.63) is 76.6 Å². The molecule has 1 aromatic heterocycles. The highest BCUT2D eigenvalue weighted by atomic mass is 35.5. The highest BCUT2D eigenvalue weighted by Crippen LogP contribution is 2.24. The van der Waals surface area contributed by atoms with Gasteiger partial charge in [0.2, 0.25) is 0 Å². The van der Waals surface area contributed by atoms with Crippen LogP contribution in [0, 0.1) is 33.5 Å². The Morgan fingerprint density at radius 2 is 1.65 bits per heavy atom. The highest BCUT2D eigenvalue weighted by molar-refractivity contribution is 5.93. The summed E-state index contributed by atoms with van der Waals surface area (Å²) in [6.45, 7) is 11.9. The van der Waals surface area contributed by atoms with Crippen LogP contribution in [0.5, 0.6) is 0 Å². The molecule has 7 nitrogen and oxygen atoms in total. The first-order valence-corrected chi connectivity index (χ1v) is 12.1. The van der Waals surface area contributed by atoms with Gasteiger partial charge in [-0.25, -0.2) is 9.37 Å². The standard InChI is InChI=1S/C27H34FN5O2.2ClH/c1-18-8-7-11-24(19(18)2)32-14-12-31(13-15-32)17-22(34)16-29-27(35)26-20(3)33(21(4)30-26)25-10-6-5-9-23(25)28;;/h5-11,22,34H,12-17H2,1-4H3,(H,29,35);2*1H. The Hall–Kier alpha value is -2.65. The average molecular weight is 553 g/mol. The van der Waals surface area contributed by atoms with Crippen LogP contribution >= 0.6 is 24.8 Å². The average Bonchev–Trinajstić information content (AvgIpc) is 3.14. The Labute approximate surface area is 230 Å². The molecule has 0 bridgehead atoms. The van der Waals surface area contributed by atoms with Crippen LogP contribution in [0.4, 0.5) is 10.1 Å². The van der Waals surface area contributed by atoms with Crippen molar-refractivity contribution in [1.82, 2.24) is 19.8 Å². The Bertz CT molecular complexity index is 1210. The maximum Gasteiger partial charge on any atom is 0.271 e. The van der Waals surface area contributed by atoms with E-state index in [9.17, 15) is 14.3 Å². The number of rotatable bonds is 7. The number of carbonyl (C=O) groups excluding carboxylic acids is 1. The van der Waals surface area contributed by atoms with Crippen LogP contribution < -0.4 is 10.2 Å². The van der Waals surface area contributed by atoms with Crippen molar-refractivity contribution in [2.75, 3.05) is 44.2 Å². The number of β-amino-alcohol motifs (C(OH)–C–C–N with tert-alkyl or cyclic N) is 1. The molecular formula is C27H36Cl2FN5O2. The number of nitrogens with one attached hydrogen (secondary N) is 1. The second-order valence-electron chi connectivity index (χ2n) is 9.25. The minimum Gasteiger partial charge on any atom is -0.390 e. The number of benzene rings is 2. The number of hydrogen-bond acceptors (Lipinski definition) is 5. The molecule has 1 saturated heterocycles. The van der Waals surface area contributed by atoms with Crippen molar-refractivity contribution in [2.45, 2.75) is 33.8 Å². The van der Waals surface area contributed by atoms with Crippen LogP contribution in [-0.2, 0) is 0 Å². The zero-order chi connectivity index (χ0) is 25.1. The molecule has 1 unspecified atom stereocenters. The first-order chi connectivity index (χ1) is 16.8. The van der Waals surface area contributed by atoms with E-state index in [1.807, 2.05) is 0 Å². The molecule has 3 aromatic rings. The van der Waals surface area contributed by atoms with Gasteiger partial charge in [0.1, 0.15) is 17.3 Å². The molecule has 0 radical (unpaired) electrons. The topological polar surface area (TPSA) is 73.6 Å². The first kappa shape index (κ1) is 30.6. The summed E-state index contributed by atoms with van der Waals surface area (Å²) < 4.78 is 15.9. The number of aliphatic hydroxyl groups excluding tert-OH is 1. The van der Waals surface area contributed by atoms with Crippen LogP contribution in [0.3, 0.4) is 0 Å². The van der Waals surface area contributed by atoms with E-state index in [-0.39, 0.29) is 48.8 Å². The Balaban J connectivity index is 0.00000241. The Morgan fingerprint density at radius 3 is 2.32 bits per heavy atom. The third kappa shape index (κ3) is 6.82. The van der Waals surface area contributed by atoms with E-state index < -0.39 is 6.10 Å². The van der Waals surface area contributed by atoms with E-state index in [0.717, 1.165) is 26.2 Å². The highest BCUT2D eigenvalue weighted by Gasteiger charge is 2.23. The summed E-state index contributed by atoms with van der Waals surface area (Å²) in [6, 6.07) is 12.8. The van der Waals surface area contributed by atoms with E-state index in [2.05, 4.69) is 52.1 Å². The third-order valence-corrected chi connectivity index (χ3v) is 6.84. The lowest BCUT2D eigenvalue weighted by Gasteiger charge is -2.37. The number of halogens is 3. The fourth-order valence-electron chi connectivity index (χ4n) is 4.75. The zero-order valence-corrected chi connectivity index (χ0v) is 23.3. The van der Waals surface area contributed by atoms with Crippen molar-refractivity contribution < 1.29 is 14.3 Å². The summed E-state index contributed by atoms with van der Waals surface area (Å²) in [5.74, 6) is -0.226. The Kier molecular flexibility index (Phi) is 10.9. The second kappa shape index (κ2) is 13.2. The van der Waals surface area contributed by atoms with Gasteiger partial charge in [0.25, 0.3) is 5.91 Å². The first-order valence-electron chi connectivity index (χ1n) is 12.1. The molecule has 202 valence electrons. The maximum atomic E-state index is 14.3. The van der Waals surface area contributed by atoms with Crippen molar-refractivity contribution in [2.24, 2.45) is 0 Å². The normalized spacial score (nSPS) is 14.5. The summed E-state index contributed by atoms with van der Waals surface area (Å²) in [5, 5.41) is 13.3. The number of para-hydroxylation sites is 1. The maximum absolute atomic E-state index is 14.3. The van der Waals surface area contributed by atoms with Gasteiger partial charge in [-0.15, -0.1) is 24.8 Å². The molecule has 0 spiro atoms. The number of imidazole rings is 1. The summed E-state index contributed by atoms with van der Waals surface area (Å²) in [5.41, 5.74) is 5.03. The molecule has 2 N–H and O–H groups in total. The number of aromatic nitrogens is 2. The summed E-state index contributed by atoms with van der Waals surface area (Å²) >= 11 is 0. The van der Waals surface area contributed by atoms with Gasteiger partial charge in [0, 0.05) is 45.0 Å². The molecule has 1 aliphatic heterocycles. The molecule has 0 saturated carbocycles. The fourth-order valence-corrected chi connectivity index (χ4v) is 4.75. The van der Waals surface area contributed by atoms with Crippen molar-refractivity contribution in [3.8, 4) is 5.69 Å². The number of piperazine rings is 1. The number of aliphatic hydroxyl groups is 1. The van der Waals surface area contributed by atoms with Gasteiger partial charge in [0.05, 0.1) is 17.5 Å². The van der Waals surface area contributed by atoms with Gasteiger partial charge in [0.15, 0.2) is 0 Å². The minimum atomic E-state index is -0.693. The van der Waals surface area contributed by atoms with E-state index in [4.69, 9.17) is 0 Å². The molecule has 0 aliphatic carbocycles. The van der Waals surface area contributed by atoms with Gasteiger partial charge >= 0.3 is 0 Å². The molecule has 1 atom stereocenters. The van der Waals surface area contributed by atoms with E-state index in [1.165, 1.54) is 22.9 Å². The number of aryl methyl sites for hydroxylation is 2. The largest absolute Gasteiger partial charge is 0.390 e. The molecule has 2 aromatic carbocycles. The van der Waals surface area contributed by atoms with Gasteiger partial charge < -0.3 is 15.3 Å². The van der Waals surface area contributed by atoms with Gasteiger partial charge in [-0.05, 0) is 57.0 Å². The van der Waals surface area contributed by atoms with Crippen molar-refractivity contribution in [1.29, 1.82) is 0 Å². The summed E-state index contributed by atoms with van der Waals surface area (Å²) in [6.07, 6.45) is -0.693. The van der Waals surface area contributed by atoms with Crippen LogP contribution in [0.25, 0.3) is 5.69 Å². The van der Waals surface area contributed by atoms with E-state index in [1.54, 1.807) is 36.6 Å². The predicted molar refractivity (Wildman–Crippen MR) is 150 cm³/mol. The van der Waals surface area contributed by atoms with Crippen LogP contribution in [-0.4, -0.2) is 70.8 Å². The lowest BCUT2D eigenvalue weighted by atomic mass is 10.1. The van der Waals surface area contributed by atoms with Crippen molar-refractivity contribution >= 4 is 36.4 Å². The number of amides is 1. The quantitative estimate of drug-likeness (QED) is 0.464. The predicted octanol–water partition coefficient (Wildman–Crippen LogP) is 4.00.